The monoisotopic (exact) mass is 430 g/mol. The number of rotatable bonds is 6. The number of nitrogens with zero attached hydrogens (tertiary/aromatic N) is 3. The van der Waals surface area contributed by atoms with Gasteiger partial charge in [0.25, 0.3) is 11.2 Å². The summed E-state index contributed by atoms with van der Waals surface area (Å²) in [5, 5.41) is 23.5. The van der Waals surface area contributed by atoms with Crippen molar-refractivity contribution in [2.24, 2.45) is 4.99 Å². The number of nitrogens with one attached hydrogen (secondary N) is 1. The third kappa shape index (κ3) is 4.08. The minimum Gasteiger partial charge on any atom is -0.504 e. The number of phenols is 1. The first kappa shape index (κ1) is 20.8. The number of hydrogen-bond donors (Lipinski definition) is 2. The van der Waals surface area contributed by atoms with Gasteiger partial charge in [-0.3, -0.25) is 25.0 Å². The summed E-state index contributed by atoms with van der Waals surface area (Å²) >= 11 is 5.81. The van der Waals surface area contributed by atoms with Crippen LogP contribution in [0.4, 0.5) is 11.4 Å². The molecule has 0 saturated carbocycles. The smallest absolute Gasteiger partial charge is 0.357 e. The summed E-state index contributed by atoms with van der Waals surface area (Å²) in [6.07, 6.45) is 1.01. The van der Waals surface area contributed by atoms with E-state index in [2.05, 4.69) is 10.1 Å². The van der Waals surface area contributed by atoms with Gasteiger partial charge >= 0.3 is 5.97 Å². The molecule has 3 aromatic rings. The number of para-hydroxylation sites is 1. The molecule has 2 aromatic carbocycles. The first-order valence-electron chi connectivity index (χ1n) is 8.62. The maximum absolute atomic E-state index is 12.9. The molecule has 0 bridgehead atoms. The quantitative estimate of drug-likeness (QED) is 0.266. The van der Waals surface area contributed by atoms with Gasteiger partial charge in [-0.25, -0.2) is 9.48 Å². The molecule has 0 fully saturated rings. The summed E-state index contributed by atoms with van der Waals surface area (Å²) in [6, 6.07) is 10.5. The van der Waals surface area contributed by atoms with E-state index in [0.29, 0.717) is 5.69 Å². The SMILES string of the molecule is CCOC(=O)c1[nH]n(-c2ccccc2)c(=O)c1C=Nc1cc([N+](=O)[O-])cc(Cl)c1O. The van der Waals surface area contributed by atoms with Crippen molar-refractivity contribution < 1.29 is 19.6 Å². The molecule has 0 saturated heterocycles. The molecule has 0 unspecified atom stereocenters. The van der Waals surface area contributed by atoms with Crippen LogP contribution < -0.4 is 5.56 Å². The number of H-pyrrole nitrogens is 1. The summed E-state index contributed by atoms with van der Waals surface area (Å²) in [6.45, 7) is 1.69. The summed E-state index contributed by atoms with van der Waals surface area (Å²) in [5.74, 6) is -1.29. The number of carbonyl (C=O) groups excluding carboxylic acids is 1. The van der Waals surface area contributed by atoms with Gasteiger partial charge in [0, 0.05) is 18.3 Å². The van der Waals surface area contributed by atoms with Gasteiger partial charge < -0.3 is 9.84 Å². The van der Waals surface area contributed by atoms with E-state index in [1.807, 2.05) is 0 Å². The second-order valence-electron chi connectivity index (χ2n) is 5.91. The number of aromatic amines is 1. The number of benzene rings is 2. The molecule has 0 spiro atoms. The van der Waals surface area contributed by atoms with E-state index in [9.17, 15) is 24.8 Å². The summed E-state index contributed by atoms with van der Waals surface area (Å²) in [7, 11) is 0. The molecule has 0 aliphatic heterocycles. The molecule has 1 aromatic heterocycles. The second-order valence-corrected chi connectivity index (χ2v) is 6.31. The number of non-ortho nitro benzene ring substituents is 1. The fourth-order valence-corrected chi connectivity index (χ4v) is 2.80. The Bertz CT molecular complexity index is 1200. The van der Waals surface area contributed by atoms with E-state index in [1.165, 1.54) is 0 Å². The highest BCUT2D eigenvalue weighted by atomic mass is 35.5. The molecule has 0 radical (unpaired) electrons. The average molecular weight is 431 g/mol. The zero-order valence-corrected chi connectivity index (χ0v) is 16.3. The van der Waals surface area contributed by atoms with Crippen LogP contribution in [0.3, 0.4) is 0 Å². The third-order valence-electron chi connectivity index (χ3n) is 3.99. The number of hydrogen-bond acceptors (Lipinski definition) is 7. The molecule has 0 amide bonds. The Kier molecular flexibility index (Phi) is 5.98. The minimum atomic E-state index is -0.785. The van der Waals surface area contributed by atoms with Crippen LogP contribution in [0.25, 0.3) is 5.69 Å². The lowest BCUT2D eigenvalue weighted by atomic mass is 10.2. The first-order valence-corrected chi connectivity index (χ1v) is 8.99. The lowest BCUT2D eigenvalue weighted by Crippen LogP contribution is -2.17. The second kappa shape index (κ2) is 8.62. The maximum atomic E-state index is 12.9. The zero-order valence-electron chi connectivity index (χ0n) is 15.5. The average Bonchev–Trinajstić information content (AvgIpc) is 3.06. The van der Waals surface area contributed by atoms with E-state index in [1.54, 1.807) is 37.3 Å². The molecular formula is C19H15ClN4O6. The van der Waals surface area contributed by atoms with Gasteiger partial charge in [0.2, 0.25) is 0 Å². The Hall–Kier alpha value is -3.92. The molecule has 30 heavy (non-hydrogen) atoms. The van der Waals surface area contributed by atoms with Crippen LogP contribution in [0.15, 0.2) is 52.3 Å². The lowest BCUT2D eigenvalue weighted by Gasteiger charge is -2.02. The number of aromatic hydroxyl groups is 1. The van der Waals surface area contributed by atoms with E-state index in [-0.39, 0.29) is 28.6 Å². The summed E-state index contributed by atoms with van der Waals surface area (Å²) in [5.41, 5.74) is -1.09. The summed E-state index contributed by atoms with van der Waals surface area (Å²) in [4.78, 5) is 39.5. The Labute approximate surface area is 174 Å². The molecular weight excluding hydrogens is 416 g/mol. The number of phenolic OH excluding ortho intramolecular Hbond substituents is 1. The number of carbonyl (C=O) groups is 1. The van der Waals surface area contributed by atoms with Gasteiger partial charge in [-0.2, -0.15) is 0 Å². The molecule has 3 rings (SSSR count). The normalized spacial score (nSPS) is 11.0. The van der Waals surface area contributed by atoms with E-state index in [4.69, 9.17) is 16.3 Å². The number of esters is 1. The predicted octanol–water partition coefficient (Wildman–Crippen LogP) is 3.36. The molecule has 0 atom stereocenters. The van der Waals surface area contributed by atoms with Crippen molar-refractivity contribution >= 4 is 35.2 Å². The van der Waals surface area contributed by atoms with Crippen molar-refractivity contribution in [2.45, 2.75) is 6.92 Å². The van der Waals surface area contributed by atoms with Crippen LogP contribution in [0.5, 0.6) is 5.75 Å². The molecule has 0 aliphatic carbocycles. The maximum Gasteiger partial charge on any atom is 0.357 e. The Morgan fingerprint density at radius 3 is 2.70 bits per heavy atom. The van der Waals surface area contributed by atoms with Gasteiger partial charge in [0.1, 0.15) is 5.69 Å². The van der Waals surface area contributed by atoms with Gasteiger partial charge in [0.05, 0.1) is 27.8 Å². The highest BCUT2D eigenvalue weighted by Crippen LogP contribution is 2.37. The van der Waals surface area contributed by atoms with Gasteiger partial charge in [-0.15, -0.1) is 0 Å². The number of ether oxygens (including phenoxy) is 1. The van der Waals surface area contributed by atoms with Crippen molar-refractivity contribution in [3.8, 4) is 11.4 Å². The van der Waals surface area contributed by atoms with Crippen LogP contribution in [0, 0.1) is 10.1 Å². The lowest BCUT2D eigenvalue weighted by molar-refractivity contribution is -0.384. The topological polar surface area (TPSA) is 140 Å². The van der Waals surface area contributed by atoms with Crippen molar-refractivity contribution in [3.63, 3.8) is 0 Å². The molecule has 2 N–H and O–H groups in total. The number of aliphatic imine (C=N–C) groups is 1. The van der Waals surface area contributed by atoms with Gasteiger partial charge in [-0.1, -0.05) is 29.8 Å². The highest BCUT2D eigenvalue weighted by molar-refractivity contribution is 6.32. The number of nitro groups is 1. The van der Waals surface area contributed by atoms with Crippen LogP contribution in [0.2, 0.25) is 5.02 Å². The van der Waals surface area contributed by atoms with Crippen LogP contribution in [-0.4, -0.2) is 38.6 Å². The molecule has 1 heterocycles. The largest absolute Gasteiger partial charge is 0.504 e. The fourth-order valence-electron chi connectivity index (χ4n) is 2.60. The summed E-state index contributed by atoms with van der Waals surface area (Å²) < 4.78 is 6.11. The number of aromatic nitrogens is 2. The van der Waals surface area contributed by atoms with Crippen molar-refractivity contribution in [3.05, 3.63) is 79.2 Å². The predicted molar refractivity (Wildman–Crippen MR) is 109 cm³/mol. The number of halogens is 1. The molecule has 0 aliphatic rings. The van der Waals surface area contributed by atoms with Gasteiger partial charge in [0.15, 0.2) is 11.4 Å². The Morgan fingerprint density at radius 1 is 1.37 bits per heavy atom. The first-order chi connectivity index (χ1) is 14.3. The molecule has 154 valence electrons. The molecule has 10 nitrogen and oxygen atoms in total. The van der Waals surface area contributed by atoms with Crippen LogP contribution in [-0.2, 0) is 4.74 Å². The van der Waals surface area contributed by atoms with E-state index in [0.717, 1.165) is 23.0 Å². The Balaban J connectivity index is 2.14. The number of nitro benzene ring substituents is 1. The Morgan fingerprint density at radius 2 is 2.07 bits per heavy atom. The minimum absolute atomic E-state index is 0.0786. The third-order valence-corrected chi connectivity index (χ3v) is 4.28. The van der Waals surface area contributed by atoms with E-state index < -0.39 is 27.9 Å². The van der Waals surface area contributed by atoms with Crippen molar-refractivity contribution in [1.29, 1.82) is 0 Å². The van der Waals surface area contributed by atoms with Gasteiger partial charge in [-0.05, 0) is 19.1 Å². The zero-order chi connectivity index (χ0) is 21.8. The van der Waals surface area contributed by atoms with Crippen molar-refractivity contribution in [2.75, 3.05) is 6.61 Å². The van der Waals surface area contributed by atoms with Crippen LogP contribution >= 0.6 is 11.6 Å². The van der Waals surface area contributed by atoms with Crippen LogP contribution in [0.1, 0.15) is 23.0 Å². The van der Waals surface area contributed by atoms with E-state index >= 15 is 0 Å². The fraction of sp³-hybridized carbons (Fsp3) is 0.105. The highest BCUT2D eigenvalue weighted by Gasteiger charge is 2.21. The standard InChI is InChI=1S/C19H15ClN4O6/c1-2-30-19(27)16-13(18(26)23(22-16)11-6-4-3-5-7-11)10-21-15-9-12(24(28)29)8-14(20)17(15)25/h3-10,22,25H,2H2,1H3. The molecule has 11 heteroatoms. The van der Waals surface area contributed by atoms with Crippen molar-refractivity contribution in [1.82, 2.24) is 9.78 Å².